The van der Waals surface area contributed by atoms with Crippen LogP contribution in [0, 0.1) is 29.1 Å². The van der Waals surface area contributed by atoms with Crippen molar-refractivity contribution in [3.63, 3.8) is 0 Å². The number of carbonyl (C=O) groups excluding carboxylic acids is 1. The van der Waals surface area contributed by atoms with E-state index in [2.05, 4.69) is 19.2 Å². The van der Waals surface area contributed by atoms with Gasteiger partial charge in [0.25, 0.3) is 0 Å². The highest BCUT2D eigenvalue weighted by atomic mass is 35.5. The topological polar surface area (TPSA) is 35.6 Å². The van der Waals surface area contributed by atoms with Crippen LogP contribution in [-0.2, 0) is 4.79 Å². The van der Waals surface area contributed by atoms with E-state index >= 15 is 0 Å². The van der Waals surface area contributed by atoms with Gasteiger partial charge in [0.05, 0.1) is 10.7 Å². The molecule has 1 aliphatic rings. The van der Waals surface area contributed by atoms with Crippen molar-refractivity contribution in [2.24, 2.45) is 0 Å². The number of nitrogens with one attached hydrogen (secondary N) is 1. The molecule has 0 spiro atoms. The zero-order chi connectivity index (χ0) is 27.6. The Bertz CT molecular complexity index is 1340. The highest BCUT2D eigenvalue weighted by Gasteiger charge is 2.31. The number of amides is 1. The first-order valence-electron chi connectivity index (χ1n) is 12.0. The van der Waals surface area contributed by atoms with Gasteiger partial charge in [-0.3, -0.25) is 4.79 Å². The summed E-state index contributed by atoms with van der Waals surface area (Å²) in [6, 6.07) is 12.9. The first-order valence-corrected chi connectivity index (χ1v) is 12.3. The summed E-state index contributed by atoms with van der Waals surface area (Å²) < 4.78 is 68.9. The molecule has 0 aliphatic carbocycles. The molecule has 0 aromatic heterocycles. The number of rotatable bonds is 6. The lowest BCUT2D eigenvalue weighted by molar-refractivity contribution is -0.111. The molecule has 1 amide bonds. The number of halogens is 6. The molecule has 1 fully saturated rings. The number of anilines is 3. The lowest BCUT2D eigenvalue weighted by Gasteiger charge is -2.38. The maximum atomic E-state index is 14.2. The minimum Gasteiger partial charge on any atom is -0.367 e. The van der Waals surface area contributed by atoms with Crippen LogP contribution in [0.25, 0.3) is 6.08 Å². The predicted molar refractivity (Wildman–Crippen MR) is 140 cm³/mol. The van der Waals surface area contributed by atoms with Crippen molar-refractivity contribution in [2.75, 3.05) is 41.3 Å². The van der Waals surface area contributed by atoms with Gasteiger partial charge in [0.2, 0.25) is 11.7 Å². The lowest BCUT2D eigenvalue weighted by atomic mass is 10.0. The molecule has 0 bridgehead atoms. The second-order valence-corrected chi connectivity index (χ2v) is 9.61. The van der Waals surface area contributed by atoms with E-state index in [1.54, 1.807) is 24.3 Å². The van der Waals surface area contributed by atoms with Crippen molar-refractivity contribution in [2.45, 2.75) is 19.8 Å². The third kappa shape index (κ3) is 5.78. The van der Waals surface area contributed by atoms with Gasteiger partial charge in [-0.25, -0.2) is 22.0 Å². The van der Waals surface area contributed by atoms with Gasteiger partial charge in [0.15, 0.2) is 23.3 Å². The van der Waals surface area contributed by atoms with Crippen LogP contribution in [0.5, 0.6) is 0 Å². The van der Waals surface area contributed by atoms with Crippen molar-refractivity contribution in [3.05, 3.63) is 93.8 Å². The van der Waals surface area contributed by atoms with E-state index in [0.29, 0.717) is 22.3 Å². The fourth-order valence-corrected chi connectivity index (χ4v) is 4.53. The van der Waals surface area contributed by atoms with Crippen LogP contribution in [0.3, 0.4) is 0 Å². The Balaban J connectivity index is 1.38. The molecule has 3 aromatic carbocycles. The summed E-state index contributed by atoms with van der Waals surface area (Å²) in [5.74, 6) is -9.75. The third-order valence-electron chi connectivity index (χ3n) is 6.37. The molecule has 1 heterocycles. The normalized spacial score (nSPS) is 14.0. The Labute approximate surface area is 222 Å². The largest absolute Gasteiger partial charge is 0.367 e. The second kappa shape index (κ2) is 11.4. The van der Waals surface area contributed by atoms with Crippen LogP contribution in [0.15, 0.2) is 48.5 Å². The third-order valence-corrected chi connectivity index (χ3v) is 6.67. The monoisotopic (exact) mass is 549 g/mol. The SMILES string of the molecule is CC(C)c1ccc(/C=C/C(=O)Nc2ccc(N3CCN(c4c(F)c(F)c(F)c(F)c4F)CC3)c(Cl)c2)cc1. The minimum absolute atomic E-state index is 0.0100. The van der Waals surface area contributed by atoms with E-state index in [-0.39, 0.29) is 32.1 Å². The summed E-state index contributed by atoms with van der Waals surface area (Å²) in [6.07, 6.45) is 3.13. The first kappa shape index (κ1) is 27.4. The van der Waals surface area contributed by atoms with Crippen molar-refractivity contribution in [3.8, 4) is 0 Å². The summed E-state index contributed by atoms with van der Waals surface area (Å²) in [4.78, 5) is 15.3. The Hall–Kier alpha value is -3.59. The van der Waals surface area contributed by atoms with E-state index in [0.717, 1.165) is 10.5 Å². The Kier molecular flexibility index (Phi) is 8.26. The number of hydrogen-bond donors (Lipinski definition) is 1. The Morgan fingerprint density at radius 1 is 0.842 bits per heavy atom. The summed E-state index contributed by atoms with van der Waals surface area (Å²) in [5, 5.41) is 3.08. The van der Waals surface area contributed by atoms with Crippen LogP contribution in [0.2, 0.25) is 5.02 Å². The van der Waals surface area contributed by atoms with Gasteiger partial charge >= 0.3 is 0 Å². The standard InChI is InChI=1S/C28H25ClF5N3O/c1-16(2)18-6-3-17(4-7-18)5-10-22(38)35-19-8-9-21(20(29)15-19)36-11-13-37(14-12-36)28-26(33)24(31)23(30)25(32)27(28)34/h3-10,15-16H,11-14H2,1-2H3,(H,35,38)/b10-5+. The predicted octanol–water partition coefficient (Wildman–Crippen LogP) is 7.14. The van der Waals surface area contributed by atoms with Crippen LogP contribution in [0.1, 0.15) is 30.9 Å². The number of carbonyl (C=O) groups is 1. The highest BCUT2D eigenvalue weighted by molar-refractivity contribution is 6.33. The molecule has 0 atom stereocenters. The molecule has 1 saturated heterocycles. The second-order valence-electron chi connectivity index (χ2n) is 9.20. The van der Waals surface area contributed by atoms with Gasteiger partial charge in [0, 0.05) is 37.9 Å². The fourth-order valence-electron chi connectivity index (χ4n) is 4.23. The summed E-state index contributed by atoms with van der Waals surface area (Å²) in [7, 11) is 0. The van der Waals surface area contributed by atoms with Gasteiger partial charge in [-0.15, -0.1) is 0 Å². The molecule has 1 aliphatic heterocycles. The average Bonchev–Trinajstić information content (AvgIpc) is 2.90. The number of nitrogens with zero attached hydrogens (tertiary/aromatic N) is 2. The van der Waals surface area contributed by atoms with Gasteiger partial charge in [-0.1, -0.05) is 49.7 Å². The zero-order valence-corrected chi connectivity index (χ0v) is 21.4. The highest BCUT2D eigenvalue weighted by Crippen LogP contribution is 2.33. The van der Waals surface area contributed by atoms with Crippen molar-refractivity contribution in [1.82, 2.24) is 0 Å². The maximum absolute atomic E-state index is 14.2. The Morgan fingerprint density at radius 3 is 1.95 bits per heavy atom. The molecule has 10 heteroatoms. The maximum Gasteiger partial charge on any atom is 0.248 e. The van der Waals surface area contributed by atoms with Crippen molar-refractivity contribution < 1.29 is 26.7 Å². The molecule has 38 heavy (non-hydrogen) atoms. The Morgan fingerprint density at radius 2 is 1.39 bits per heavy atom. The molecule has 4 rings (SSSR count). The molecule has 0 unspecified atom stereocenters. The van der Waals surface area contributed by atoms with Crippen LogP contribution in [0.4, 0.5) is 39.0 Å². The van der Waals surface area contributed by atoms with Crippen molar-refractivity contribution in [1.29, 1.82) is 0 Å². The summed E-state index contributed by atoms with van der Waals surface area (Å²) in [5.41, 5.74) is 2.25. The fraction of sp³-hybridized carbons (Fsp3) is 0.250. The zero-order valence-electron chi connectivity index (χ0n) is 20.7. The lowest BCUT2D eigenvalue weighted by Crippen LogP contribution is -2.47. The van der Waals surface area contributed by atoms with E-state index < -0.39 is 34.8 Å². The smallest absolute Gasteiger partial charge is 0.248 e. The molecule has 0 saturated carbocycles. The van der Waals surface area contributed by atoms with Gasteiger partial charge in [-0.2, -0.15) is 0 Å². The quantitative estimate of drug-likeness (QED) is 0.154. The van der Waals surface area contributed by atoms with E-state index in [9.17, 15) is 26.7 Å². The van der Waals surface area contributed by atoms with Crippen LogP contribution in [-0.4, -0.2) is 32.1 Å². The number of hydrogen-bond acceptors (Lipinski definition) is 3. The number of piperazine rings is 1. The van der Waals surface area contributed by atoms with Crippen LogP contribution >= 0.6 is 11.6 Å². The number of benzene rings is 3. The summed E-state index contributed by atoms with van der Waals surface area (Å²) in [6.45, 7) is 4.68. The van der Waals surface area contributed by atoms with E-state index in [1.165, 1.54) is 11.6 Å². The molecule has 3 aromatic rings. The van der Waals surface area contributed by atoms with Gasteiger partial charge in [0.1, 0.15) is 5.69 Å². The minimum atomic E-state index is -2.18. The molecule has 1 N–H and O–H groups in total. The average molecular weight is 550 g/mol. The van der Waals surface area contributed by atoms with E-state index in [1.807, 2.05) is 29.2 Å². The first-order chi connectivity index (χ1) is 18.1. The molecule has 200 valence electrons. The van der Waals surface area contributed by atoms with E-state index in [4.69, 9.17) is 11.6 Å². The molecular weight excluding hydrogens is 525 g/mol. The van der Waals surface area contributed by atoms with Gasteiger partial charge in [-0.05, 0) is 41.3 Å². The van der Waals surface area contributed by atoms with Crippen LogP contribution < -0.4 is 15.1 Å². The summed E-state index contributed by atoms with van der Waals surface area (Å²) >= 11 is 6.44. The molecule has 4 nitrogen and oxygen atoms in total. The van der Waals surface area contributed by atoms with Crippen molar-refractivity contribution >= 4 is 40.6 Å². The molecular formula is C28H25ClF5N3O. The van der Waals surface area contributed by atoms with Gasteiger partial charge < -0.3 is 15.1 Å². The molecule has 0 radical (unpaired) electrons.